The van der Waals surface area contributed by atoms with Crippen molar-refractivity contribution in [2.24, 2.45) is 0 Å². The lowest BCUT2D eigenvalue weighted by Gasteiger charge is -2.03. The SMILES string of the molecule is COc1cccc(C[S@@](=O)c2cccs2)c1. The Kier molecular flexibility index (Phi) is 3.74. The molecule has 2 nitrogen and oxygen atoms in total. The van der Waals surface area contributed by atoms with Gasteiger partial charge in [-0.3, -0.25) is 4.21 Å². The molecule has 1 heterocycles. The van der Waals surface area contributed by atoms with Gasteiger partial charge < -0.3 is 4.74 Å². The first-order chi connectivity index (χ1) is 7.79. The molecule has 0 aliphatic rings. The Balaban J connectivity index is 2.12. The van der Waals surface area contributed by atoms with Crippen LogP contribution < -0.4 is 4.74 Å². The first-order valence-electron chi connectivity index (χ1n) is 4.84. The Morgan fingerprint density at radius 2 is 2.19 bits per heavy atom. The molecule has 0 spiro atoms. The summed E-state index contributed by atoms with van der Waals surface area (Å²) >= 11 is 1.53. The lowest BCUT2D eigenvalue weighted by Crippen LogP contribution is -1.94. The Bertz CT molecular complexity index is 478. The second-order valence-corrected chi connectivity index (χ2v) is 5.90. The molecular formula is C12H12O2S2. The van der Waals surface area contributed by atoms with Crippen LogP contribution in [0.5, 0.6) is 5.75 Å². The predicted molar refractivity (Wildman–Crippen MR) is 67.4 cm³/mol. The summed E-state index contributed by atoms with van der Waals surface area (Å²) in [5.74, 6) is 1.35. The predicted octanol–water partition coefficient (Wildman–Crippen LogP) is 3.06. The number of rotatable bonds is 4. The van der Waals surface area contributed by atoms with Crippen molar-refractivity contribution in [2.75, 3.05) is 7.11 Å². The second-order valence-electron chi connectivity index (χ2n) is 3.27. The van der Waals surface area contributed by atoms with Crippen molar-refractivity contribution in [3.63, 3.8) is 0 Å². The molecule has 0 saturated heterocycles. The van der Waals surface area contributed by atoms with E-state index in [2.05, 4.69) is 0 Å². The molecule has 0 unspecified atom stereocenters. The van der Waals surface area contributed by atoms with Crippen LogP contribution in [-0.2, 0) is 16.6 Å². The number of hydrogen-bond acceptors (Lipinski definition) is 3. The van der Waals surface area contributed by atoms with Gasteiger partial charge in [-0.2, -0.15) is 0 Å². The monoisotopic (exact) mass is 252 g/mol. The highest BCUT2D eigenvalue weighted by Crippen LogP contribution is 2.19. The number of ether oxygens (including phenoxy) is 1. The summed E-state index contributed by atoms with van der Waals surface area (Å²) in [5.41, 5.74) is 1.03. The van der Waals surface area contributed by atoms with E-state index in [1.165, 1.54) is 11.3 Å². The fraction of sp³-hybridized carbons (Fsp3) is 0.167. The molecule has 16 heavy (non-hydrogen) atoms. The molecule has 0 radical (unpaired) electrons. The highest BCUT2D eigenvalue weighted by atomic mass is 32.2. The average Bonchev–Trinajstić information content (AvgIpc) is 2.83. The normalized spacial score (nSPS) is 12.3. The van der Waals surface area contributed by atoms with Crippen molar-refractivity contribution in [1.29, 1.82) is 0 Å². The average molecular weight is 252 g/mol. The molecule has 0 saturated carbocycles. The van der Waals surface area contributed by atoms with E-state index in [0.717, 1.165) is 15.5 Å². The molecule has 84 valence electrons. The lowest BCUT2D eigenvalue weighted by molar-refractivity contribution is 0.414. The number of hydrogen-bond donors (Lipinski definition) is 0. The quantitative estimate of drug-likeness (QED) is 0.836. The molecule has 1 aromatic heterocycles. The molecule has 0 aliphatic heterocycles. The molecule has 0 amide bonds. The van der Waals surface area contributed by atoms with E-state index in [1.807, 2.05) is 41.8 Å². The first kappa shape index (κ1) is 11.4. The smallest absolute Gasteiger partial charge is 0.119 e. The van der Waals surface area contributed by atoms with Gasteiger partial charge in [-0.25, -0.2) is 0 Å². The van der Waals surface area contributed by atoms with Crippen LogP contribution in [-0.4, -0.2) is 11.3 Å². The van der Waals surface area contributed by atoms with Gasteiger partial charge in [-0.1, -0.05) is 18.2 Å². The van der Waals surface area contributed by atoms with Crippen LogP contribution in [0.3, 0.4) is 0 Å². The summed E-state index contributed by atoms with van der Waals surface area (Å²) in [6.07, 6.45) is 0. The Hall–Kier alpha value is -1.13. The van der Waals surface area contributed by atoms with Gasteiger partial charge in [-0.15, -0.1) is 11.3 Å². The van der Waals surface area contributed by atoms with E-state index in [-0.39, 0.29) is 0 Å². The third-order valence-electron chi connectivity index (χ3n) is 2.15. The van der Waals surface area contributed by atoms with Gasteiger partial charge in [0.15, 0.2) is 0 Å². The molecule has 2 rings (SSSR count). The maximum Gasteiger partial charge on any atom is 0.119 e. The first-order valence-corrected chi connectivity index (χ1v) is 7.04. The highest BCUT2D eigenvalue weighted by molar-refractivity contribution is 7.86. The summed E-state index contributed by atoms with van der Waals surface area (Å²) in [7, 11) is 0.684. The summed E-state index contributed by atoms with van der Waals surface area (Å²) < 4.78 is 18.0. The van der Waals surface area contributed by atoms with Gasteiger partial charge in [0.25, 0.3) is 0 Å². The molecular weight excluding hydrogens is 240 g/mol. The van der Waals surface area contributed by atoms with Crippen molar-refractivity contribution in [3.05, 3.63) is 47.3 Å². The topological polar surface area (TPSA) is 26.3 Å². The third-order valence-corrected chi connectivity index (χ3v) is 4.84. The molecule has 0 fully saturated rings. The number of thiophene rings is 1. The van der Waals surface area contributed by atoms with E-state index in [0.29, 0.717) is 5.75 Å². The molecule has 1 atom stereocenters. The molecule has 0 bridgehead atoms. The van der Waals surface area contributed by atoms with Crippen LogP contribution in [0.1, 0.15) is 5.56 Å². The molecule has 4 heteroatoms. The van der Waals surface area contributed by atoms with Crippen LogP contribution in [0.15, 0.2) is 46.0 Å². The van der Waals surface area contributed by atoms with Crippen molar-refractivity contribution in [2.45, 2.75) is 9.96 Å². The van der Waals surface area contributed by atoms with Crippen molar-refractivity contribution >= 4 is 22.1 Å². The van der Waals surface area contributed by atoms with Gasteiger partial charge in [0.2, 0.25) is 0 Å². The van der Waals surface area contributed by atoms with Crippen molar-refractivity contribution in [1.82, 2.24) is 0 Å². The number of benzene rings is 1. The lowest BCUT2D eigenvalue weighted by atomic mass is 10.2. The summed E-state index contributed by atoms with van der Waals surface area (Å²) in [4.78, 5) is 0. The van der Waals surface area contributed by atoms with Crippen LogP contribution in [0.4, 0.5) is 0 Å². The zero-order valence-corrected chi connectivity index (χ0v) is 10.5. The van der Waals surface area contributed by atoms with Crippen LogP contribution in [0.2, 0.25) is 0 Å². The standard InChI is InChI=1S/C12H12O2S2/c1-14-11-5-2-4-10(8-11)9-16(13)12-6-3-7-15-12/h2-8H,9H2,1H3/t16-/m1/s1. The van der Waals surface area contributed by atoms with Crippen LogP contribution in [0.25, 0.3) is 0 Å². The highest BCUT2D eigenvalue weighted by Gasteiger charge is 2.06. The molecule has 1 aromatic carbocycles. The molecule has 2 aromatic rings. The second kappa shape index (κ2) is 5.27. The van der Waals surface area contributed by atoms with E-state index >= 15 is 0 Å². The summed E-state index contributed by atoms with van der Waals surface area (Å²) in [5, 5.41) is 1.94. The fourth-order valence-corrected chi connectivity index (χ4v) is 3.45. The van der Waals surface area contributed by atoms with Crippen molar-refractivity contribution < 1.29 is 8.95 Å². The maximum absolute atomic E-state index is 12.0. The zero-order chi connectivity index (χ0) is 11.4. The molecule has 0 aliphatic carbocycles. The summed E-state index contributed by atoms with van der Waals surface area (Å²) in [6.45, 7) is 0. The van der Waals surface area contributed by atoms with Gasteiger partial charge in [-0.05, 0) is 29.1 Å². The number of methoxy groups -OCH3 is 1. The minimum absolute atomic E-state index is 0.539. The van der Waals surface area contributed by atoms with Gasteiger partial charge in [0.05, 0.1) is 27.9 Å². The van der Waals surface area contributed by atoms with Gasteiger partial charge in [0, 0.05) is 0 Å². The zero-order valence-electron chi connectivity index (χ0n) is 8.88. The van der Waals surface area contributed by atoms with E-state index in [1.54, 1.807) is 7.11 Å². The Morgan fingerprint density at radius 1 is 1.31 bits per heavy atom. The molecule has 0 N–H and O–H groups in total. The summed E-state index contributed by atoms with van der Waals surface area (Å²) in [6, 6.07) is 11.5. The van der Waals surface area contributed by atoms with Gasteiger partial charge in [0.1, 0.15) is 5.75 Å². The minimum Gasteiger partial charge on any atom is -0.497 e. The fourth-order valence-electron chi connectivity index (χ4n) is 1.38. The minimum atomic E-state index is -0.951. The Labute approximate surface area is 101 Å². The van der Waals surface area contributed by atoms with E-state index < -0.39 is 10.8 Å². The maximum atomic E-state index is 12.0. The van der Waals surface area contributed by atoms with E-state index in [4.69, 9.17) is 4.74 Å². The largest absolute Gasteiger partial charge is 0.497 e. The van der Waals surface area contributed by atoms with Gasteiger partial charge >= 0.3 is 0 Å². The van der Waals surface area contributed by atoms with Crippen LogP contribution in [0, 0.1) is 0 Å². The Morgan fingerprint density at radius 3 is 2.88 bits per heavy atom. The third kappa shape index (κ3) is 2.71. The van der Waals surface area contributed by atoms with Crippen LogP contribution >= 0.6 is 11.3 Å². The van der Waals surface area contributed by atoms with Crippen molar-refractivity contribution in [3.8, 4) is 5.75 Å². The van der Waals surface area contributed by atoms with E-state index in [9.17, 15) is 4.21 Å².